The molecule has 136 valence electrons. The summed E-state index contributed by atoms with van der Waals surface area (Å²) in [6.07, 6.45) is 0. The van der Waals surface area contributed by atoms with Crippen molar-refractivity contribution in [2.75, 3.05) is 7.05 Å². The van der Waals surface area contributed by atoms with Crippen LogP contribution in [-0.4, -0.2) is 17.0 Å². The van der Waals surface area contributed by atoms with Gasteiger partial charge in [0, 0.05) is 21.5 Å². The van der Waals surface area contributed by atoms with Gasteiger partial charge in [-0.2, -0.15) is 0 Å². The Morgan fingerprint density at radius 1 is 1.07 bits per heavy atom. The highest BCUT2D eigenvalue weighted by molar-refractivity contribution is 7.17. The Labute approximate surface area is 166 Å². The van der Waals surface area contributed by atoms with Gasteiger partial charge in [0.2, 0.25) is 0 Å². The van der Waals surface area contributed by atoms with Crippen LogP contribution in [0, 0.1) is 0 Å². The predicted octanol–water partition coefficient (Wildman–Crippen LogP) is 3.52. The summed E-state index contributed by atoms with van der Waals surface area (Å²) in [7, 11) is 2.09. The SMILES string of the molecule is C[NH+](Cc1ccc(Cl)cc1)Cc1nc2scc(-c3ccccc3)c2c(=O)[nH]1. The van der Waals surface area contributed by atoms with E-state index < -0.39 is 0 Å². The number of halogens is 1. The molecule has 2 N–H and O–H groups in total. The number of nitrogens with one attached hydrogen (secondary N) is 2. The molecule has 0 bridgehead atoms. The summed E-state index contributed by atoms with van der Waals surface area (Å²) >= 11 is 7.46. The van der Waals surface area contributed by atoms with E-state index in [-0.39, 0.29) is 5.56 Å². The highest BCUT2D eigenvalue weighted by Crippen LogP contribution is 2.30. The summed E-state index contributed by atoms with van der Waals surface area (Å²) in [4.78, 5) is 22.4. The molecule has 27 heavy (non-hydrogen) atoms. The van der Waals surface area contributed by atoms with Crippen molar-refractivity contribution in [3.05, 3.63) is 86.7 Å². The van der Waals surface area contributed by atoms with Crippen molar-refractivity contribution in [2.45, 2.75) is 13.1 Å². The summed E-state index contributed by atoms with van der Waals surface area (Å²) in [6.45, 7) is 1.48. The molecule has 0 saturated heterocycles. The van der Waals surface area contributed by atoms with Crippen LogP contribution in [0.4, 0.5) is 0 Å². The molecule has 0 aliphatic heterocycles. The van der Waals surface area contributed by atoms with Gasteiger partial charge in [-0.1, -0.05) is 54.1 Å². The van der Waals surface area contributed by atoms with Crippen molar-refractivity contribution in [1.82, 2.24) is 9.97 Å². The Morgan fingerprint density at radius 3 is 2.56 bits per heavy atom. The molecule has 0 aliphatic rings. The Balaban J connectivity index is 1.58. The molecule has 0 spiro atoms. The minimum atomic E-state index is -0.0746. The van der Waals surface area contributed by atoms with Crippen LogP contribution in [0.2, 0.25) is 5.02 Å². The van der Waals surface area contributed by atoms with Gasteiger partial charge in [0.1, 0.15) is 17.9 Å². The van der Waals surface area contributed by atoms with E-state index in [9.17, 15) is 4.79 Å². The number of quaternary nitrogens is 1. The Bertz CT molecular complexity index is 1120. The molecule has 0 aliphatic carbocycles. The molecule has 4 aromatic rings. The topological polar surface area (TPSA) is 50.2 Å². The average Bonchev–Trinajstić information content (AvgIpc) is 3.09. The van der Waals surface area contributed by atoms with Gasteiger partial charge in [0.25, 0.3) is 5.56 Å². The Kier molecular flexibility index (Phi) is 5.07. The highest BCUT2D eigenvalue weighted by atomic mass is 35.5. The first kappa shape index (κ1) is 17.9. The molecule has 4 rings (SSSR count). The molecule has 2 aromatic heterocycles. The van der Waals surface area contributed by atoms with E-state index >= 15 is 0 Å². The van der Waals surface area contributed by atoms with Crippen LogP contribution in [0.15, 0.2) is 64.8 Å². The number of hydrogen-bond acceptors (Lipinski definition) is 3. The normalized spacial score (nSPS) is 12.4. The monoisotopic (exact) mass is 396 g/mol. The minimum absolute atomic E-state index is 0.0746. The summed E-state index contributed by atoms with van der Waals surface area (Å²) < 4.78 is 0. The number of H-pyrrole nitrogens is 1. The quantitative estimate of drug-likeness (QED) is 0.542. The summed E-state index contributed by atoms with van der Waals surface area (Å²) in [5, 5.41) is 3.42. The van der Waals surface area contributed by atoms with Crippen molar-refractivity contribution in [1.29, 1.82) is 0 Å². The average molecular weight is 397 g/mol. The molecule has 1 atom stereocenters. The van der Waals surface area contributed by atoms with Crippen LogP contribution in [0.5, 0.6) is 0 Å². The third-order valence-electron chi connectivity index (χ3n) is 4.47. The van der Waals surface area contributed by atoms with Crippen LogP contribution >= 0.6 is 22.9 Å². The second-order valence-electron chi connectivity index (χ2n) is 6.65. The first-order valence-electron chi connectivity index (χ1n) is 8.72. The van der Waals surface area contributed by atoms with Gasteiger partial charge in [0.15, 0.2) is 5.82 Å². The number of aromatic amines is 1. The van der Waals surface area contributed by atoms with E-state index in [4.69, 9.17) is 16.6 Å². The van der Waals surface area contributed by atoms with Crippen LogP contribution in [-0.2, 0) is 13.1 Å². The van der Waals surface area contributed by atoms with Crippen molar-refractivity contribution >= 4 is 33.2 Å². The highest BCUT2D eigenvalue weighted by Gasteiger charge is 2.14. The van der Waals surface area contributed by atoms with Gasteiger partial charge in [-0.15, -0.1) is 11.3 Å². The zero-order chi connectivity index (χ0) is 18.8. The van der Waals surface area contributed by atoms with Crippen molar-refractivity contribution in [3.8, 4) is 11.1 Å². The van der Waals surface area contributed by atoms with E-state index in [1.165, 1.54) is 21.8 Å². The largest absolute Gasteiger partial charge is 0.327 e. The summed E-state index contributed by atoms with van der Waals surface area (Å²) in [5.41, 5.74) is 3.10. The molecule has 0 radical (unpaired) electrons. The number of fused-ring (bicyclic) bond motifs is 1. The fourth-order valence-electron chi connectivity index (χ4n) is 3.21. The van der Waals surface area contributed by atoms with Gasteiger partial charge in [-0.25, -0.2) is 4.98 Å². The molecule has 2 heterocycles. The maximum atomic E-state index is 12.7. The Morgan fingerprint density at radius 2 is 1.81 bits per heavy atom. The molecular weight excluding hydrogens is 378 g/mol. The molecule has 0 fully saturated rings. The second-order valence-corrected chi connectivity index (χ2v) is 7.94. The standard InChI is InChI=1S/C21H18ClN3OS/c1-25(11-14-7-9-16(22)10-8-14)12-18-23-20(26)19-17(13-27-21(19)24-18)15-5-3-2-4-6-15/h2-10,13H,11-12H2,1H3,(H,23,24,26)/p+1. The number of aromatic nitrogens is 2. The van der Waals surface area contributed by atoms with Crippen LogP contribution < -0.4 is 10.5 Å². The van der Waals surface area contributed by atoms with Gasteiger partial charge < -0.3 is 9.88 Å². The van der Waals surface area contributed by atoms with Gasteiger partial charge in [0.05, 0.1) is 12.4 Å². The molecule has 0 amide bonds. The lowest BCUT2D eigenvalue weighted by Gasteiger charge is -2.13. The lowest BCUT2D eigenvalue weighted by atomic mass is 10.1. The van der Waals surface area contributed by atoms with E-state index in [1.54, 1.807) is 0 Å². The number of rotatable bonds is 5. The van der Waals surface area contributed by atoms with Crippen LogP contribution in [0.25, 0.3) is 21.3 Å². The lowest BCUT2D eigenvalue weighted by Crippen LogP contribution is -3.06. The third-order valence-corrected chi connectivity index (χ3v) is 5.59. The number of hydrogen-bond donors (Lipinski definition) is 2. The van der Waals surface area contributed by atoms with Crippen LogP contribution in [0.1, 0.15) is 11.4 Å². The van der Waals surface area contributed by atoms with Gasteiger partial charge >= 0.3 is 0 Å². The van der Waals surface area contributed by atoms with Crippen molar-refractivity contribution in [2.24, 2.45) is 0 Å². The van der Waals surface area contributed by atoms with E-state index in [0.717, 1.165) is 27.5 Å². The Hall–Kier alpha value is -2.47. The molecule has 2 aromatic carbocycles. The number of nitrogens with zero attached hydrogens (tertiary/aromatic N) is 1. The lowest BCUT2D eigenvalue weighted by molar-refractivity contribution is -0.908. The maximum absolute atomic E-state index is 12.7. The third kappa shape index (κ3) is 3.95. The van der Waals surface area contributed by atoms with E-state index in [1.807, 2.05) is 60.0 Å². The van der Waals surface area contributed by atoms with Gasteiger partial charge in [-0.05, 0) is 17.7 Å². The van der Waals surface area contributed by atoms with E-state index in [0.29, 0.717) is 17.8 Å². The fraction of sp³-hybridized carbons (Fsp3) is 0.143. The molecule has 1 unspecified atom stereocenters. The first-order valence-corrected chi connectivity index (χ1v) is 9.97. The predicted molar refractivity (Wildman–Crippen MR) is 111 cm³/mol. The van der Waals surface area contributed by atoms with E-state index in [2.05, 4.69) is 12.0 Å². The summed E-state index contributed by atoms with van der Waals surface area (Å²) in [6, 6.07) is 17.8. The van der Waals surface area contributed by atoms with Gasteiger partial charge in [-0.3, -0.25) is 4.79 Å². The molecular formula is C21H19ClN3OS+. The smallest absolute Gasteiger partial charge is 0.260 e. The minimum Gasteiger partial charge on any atom is -0.327 e. The zero-order valence-electron chi connectivity index (χ0n) is 14.8. The maximum Gasteiger partial charge on any atom is 0.260 e. The van der Waals surface area contributed by atoms with Crippen molar-refractivity contribution < 1.29 is 4.90 Å². The number of benzene rings is 2. The molecule has 4 nitrogen and oxygen atoms in total. The fourth-order valence-corrected chi connectivity index (χ4v) is 4.30. The summed E-state index contributed by atoms with van der Waals surface area (Å²) in [5.74, 6) is 0.709. The first-order chi connectivity index (χ1) is 13.1. The van der Waals surface area contributed by atoms with Crippen molar-refractivity contribution in [3.63, 3.8) is 0 Å². The molecule has 0 saturated carbocycles. The zero-order valence-corrected chi connectivity index (χ0v) is 16.4. The molecule has 6 heteroatoms. The van der Waals surface area contributed by atoms with Crippen LogP contribution in [0.3, 0.4) is 0 Å². The second kappa shape index (κ2) is 7.64. The number of thiophene rings is 1.